The predicted molar refractivity (Wildman–Crippen MR) is 81.0 cm³/mol. The van der Waals surface area contributed by atoms with E-state index < -0.39 is 0 Å². The molecule has 0 radical (unpaired) electrons. The molecular formula is C17H18O4. The number of benzene rings is 2. The van der Waals surface area contributed by atoms with E-state index in [2.05, 4.69) is 0 Å². The molecule has 2 aromatic rings. The van der Waals surface area contributed by atoms with Gasteiger partial charge in [-0.05, 0) is 68.8 Å². The van der Waals surface area contributed by atoms with Crippen LogP contribution in [0.25, 0.3) is 0 Å². The molecule has 0 fully saturated rings. The first-order valence-electron chi connectivity index (χ1n) is 6.41. The lowest BCUT2D eigenvalue weighted by atomic mass is 10.1. The monoisotopic (exact) mass is 286 g/mol. The van der Waals surface area contributed by atoms with Crippen molar-refractivity contribution in [2.45, 2.75) is 20.8 Å². The van der Waals surface area contributed by atoms with Gasteiger partial charge < -0.3 is 10.2 Å². The van der Waals surface area contributed by atoms with Gasteiger partial charge in [-0.2, -0.15) is 0 Å². The van der Waals surface area contributed by atoms with E-state index in [1.54, 1.807) is 31.2 Å². The zero-order chi connectivity index (χ0) is 16.0. The number of aryl methyl sites for hydroxylation is 1. The highest BCUT2D eigenvalue weighted by Gasteiger charge is 2.00. The standard InChI is InChI=1S/C9H10O2.C8H8O2/c1-6-5-8(7(2)10)3-4-9(6)11;1-6(9)7-2-4-8(10)5-3-7/h3-5,11H,1-2H3;2-5,10H,1H3. The molecule has 4 nitrogen and oxygen atoms in total. The summed E-state index contributed by atoms with van der Waals surface area (Å²) in [5, 5.41) is 17.9. The minimum absolute atomic E-state index is 0.0139. The van der Waals surface area contributed by atoms with Crippen molar-refractivity contribution >= 4 is 11.6 Å². The molecule has 0 bridgehead atoms. The maximum absolute atomic E-state index is 10.8. The molecule has 0 heterocycles. The number of hydrogen-bond acceptors (Lipinski definition) is 4. The highest BCUT2D eigenvalue weighted by atomic mass is 16.3. The van der Waals surface area contributed by atoms with Crippen molar-refractivity contribution < 1.29 is 19.8 Å². The molecule has 0 aromatic heterocycles. The first-order chi connectivity index (χ1) is 9.81. The summed E-state index contributed by atoms with van der Waals surface area (Å²) in [6.07, 6.45) is 0. The summed E-state index contributed by atoms with van der Waals surface area (Å²) in [4.78, 5) is 21.5. The van der Waals surface area contributed by atoms with Gasteiger partial charge in [0.05, 0.1) is 0 Å². The zero-order valence-corrected chi connectivity index (χ0v) is 12.3. The van der Waals surface area contributed by atoms with Crippen LogP contribution in [0.1, 0.15) is 40.1 Å². The maximum Gasteiger partial charge on any atom is 0.159 e. The second kappa shape index (κ2) is 7.24. The van der Waals surface area contributed by atoms with Crippen molar-refractivity contribution in [1.82, 2.24) is 0 Å². The minimum atomic E-state index is 0.0139. The highest BCUT2D eigenvalue weighted by Crippen LogP contribution is 2.16. The van der Waals surface area contributed by atoms with Crippen LogP contribution in [-0.4, -0.2) is 21.8 Å². The number of phenols is 2. The average molecular weight is 286 g/mol. The summed E-state index contributed by atoms with van der Waals surface area (Å²) in [5.41, 5.74) is 2.00. The fourth-order valence-electron chi connectivity index (χ4n) is 1.57. The molecule has 0 aliphatic carbocycles. The van der Waals surface area contributed by atoms with Crippen molar-refractivity contribution in [3.63, 3.8) is 0 Å². The van der Waals surface area contributed by atoms with Gasteiger partial charge in [0.1, 0.15) is 11.5 Å². The number of hydrogen-bond donors (Lipinski definition) is 2. The fraction of sp³-hybridized carbons (Fsp3) is 0.176. The van der Waals surface area contributed by atoms with Gasteiger partial charge in [-0.25, -0.2) is 0 Å². The largest absolute Gasteiger partial charge is 0.508 e. The summed E-state index contributed by atoms with van der Waals surface area (Å²) in [6.45, 7) is 4.76. The van der Waals surface area contributed by atoms with Crippen molar-refractivity contribution in [2.24, 2.45) is 0 Å². The molecule has 0 aliphatic rings. The second-order valence-corrected chi connectivity index (χ2v) is 4.66. The Morgan fingerprint density at radius 2 is 1.29 bits per heavy atom. The van der Waals surface area contributed by atoms with Gasteiger partial charge in [0, 0.05) is 11.1 Å². The van der Waals surface area contributed by atoms with Crippen LogP contribution in [0.4, 0.5) is 0 Å². The topological polar surface area (TPSA) is 74.6 Å². The lowest BCUT2D eigenvalue weighted by molar-refractivity contribution is 0.100. The van der Waals surface area contributed by atoms with E-state index >= 15 is 0 Å². The quantitative estimate of drug-likeness (QED) is 0.829. The second-order valence-electron chi connectivity index (χ2n) is 4.66. The summed E-state index contributed by atoms with van der Waals surface area (Å²) in [6, 6.07) is 11.0. The molecule has 0 saturated carbocycles. The Bertz CT molecular complexity index is 642. The third-order valence-corrected chi connectivity index (χ3v) is 2.88. The van der Waals surface area contributed by atoms with Crippen LogP contribution in [0.3, 0.4) is 0 Å². The number of Topliss-reactive ketones (excluding diaryl/α,β-unsaturated/α-hetero) is 2. The summed E-state index contributed by atoms with van der Waals surface area (Å²) >= 11 is 0. The molecular weight excluding hydrogens is 268 g/mol. The Morgan fingerprint density at radius 3 is 1.71 bits per heavy atom. The van der Waals surface area contributed by atoms with Crippen molar-refractivity contribution in [3.8, 4) is 11.5 Å². The Kier molecular flexibility index (Phi) is 5.67. The van der Waals surface area contributed by atoms with E-state index in [-0.39, 0.29) is 23.1 Å². The Hall–Kier alpha value is -2.62. The minimum Gasteiger partial charge on any atom is -0.508 e. The summed E-state index contributed by atoms with van der Waals surface area (Å²) < 4.78 is 0. The molecule has 2 aromatic carbocycles. The first kappa shape index (κ1) is 16.4. The van der Waals surface area contributed by atoms with Gasteiger partial charge in [-0.1, -0.05) is 0 Å². The van der Waals surface area contributed by atoms with Gasteiger partial charge in [0.15, 0.2) is 11.6 Å². The van der Waals surface area contributed by atoms with E-state index in [1.807, 2.05) is 0 Å². The Balaban J connectivity index is 0.000000211. The SMILES string of the molecule is CC(=O)c1ccc(O)c(C)c1.CC(=O)c1ccc(O)cc1. The van der Waals surface area contributed by atoms with Crippen molar-refractivity contribution in [1.29, 1.82) is 0 Å². The number of rotatable bonds is 2. The zero-order valence-electron chi connectivity index (χ0n) is 12.3. The van der Waals surface area contributed by atoms with Crippen molar-refractivity contribution in [3.05, 3.63) is 59.2 Å². The molecule has 4 heteroatoms. The maximum atomic E-state index is 10.8. The first-order valence-corrected chi connectivity index (χ1v) is 6.41. The van der Waals surface area contributed by atoms with Crippen LogP contribution < -0.4 is 0 Å². The molecule has 0 atom stereocenters. The number of phenolic OH excluding ortho intramolecular Hbond substituents is 2. The fourth-order valence-corrected chi connectivity index (χ4v) is 1.57. The molecule has 0 aliphatic heterocycles. The molecule has 2 N–H and O–H groups in total. The van der Waals surface area contributed by atoms with E-state index in [0.717, 1.165) is 5.56 Å². The predicted octanol–water partition coefficient (Wildman–Crippen LogP) is 3.50. The number of carbonyl (C=O) groups is 2. The molecule has 0 unspecified atom stereocenters. The van der Waals surface area contributed by atoms with Crippen LogP contribution in [0, 0.1) is 6.92 Å². The lowest BCUT2D eigenvalue weighted by Crippen LogP contribution is -1.91. The summed E-state index contributed by atoms with van der Waals surface area (Å²) in [5.74, 6) is 0.452. The van der Waals surface area contributed by atoms with E-state index in [9.17, 15) is 9.59 Å². The van der Waals surface area contributed by atoms with Crippen LogP contribution >= 0.6 is 0 Å². The van der Waals surface area contributed by atoms with Gasteiger partial charge in [-0.3, -0.25) is 9.59 Å². The Labute approximate surface area is 123 Å². The molecule has 0 saturated heterocycles. The van der Waals surface area contributed by atoms with Gasteiger partial charge >= 0.3 is 0 Å². The molecule has 110 valence electrons. The number of ketones is 2. The van der Waals surface area contributed by atoms with E-state index in [0.29, 0.717) is 11.1 Å². The smallest absolute Gasteiger partial charge is 0.159 e. The van der Waals surface area contributed by atoms with Crippen LogP contribution in [0.5, 0.6) is 11.5 Å². The van der Waals surface area contributed by atoms with E-state index in [1.165, 1.54) is 32.0 Å². The molecule has 0 amide bonds. The van der Waals surface area contributed by atoms with Crippen molar-refractivity contribution in [2.75, 3.05) is 0 Å². The van der Waals surface area contributed by atoms with Gasteiger partial charge in [0.25, 0.3) is 0 Å². The van der Waals surface area contributed by atoms with E-state index in [4.69, 9.17) is 10.2 Å². The lowest BCUT2D eigenvalue weighted by Gasteiger charge is -1.99. The number of carbonyl (C=O) groups excluding carboxylic acids is 2. The number of aromatic hydroxyl groups is 2. The average Bonchev–Trinajstić information content (AvgIpc) is 2.43. The Morgan fingerprint density at radius 1 is 0.810 bits per heavy atom. The normalized spacial score (nSPS) is 9.48. The van der Waals surface area contributed by atoms with Crippen LogP contribution in [-0.2, 0) is 0 Å². The van der Waals surface area contributed by atoms with Gasteiger partial charge in [0.2, 0.25) is 0 Å². The summed E-state index contributed by atoms with van der Waals surface area (Å²) in [7, 11) is 0. The third-order valence-electron chi connectivity index (χ3n) is 2.88. The molecule has 21 heavy (non-hydrogen) atoms. The van der Waals surface area contributed by atoms with Crippen LogP contribution in [0.2, 0.25) is 0 Å². The molecule has 2 rings (SSSR count). The highest BCUT2D eigenvalue weighted by molar-refractivity contribution is 5.94. The van der Waals surface area contributed by atoms with Crippen LogP contribution in [0.15, 0.2) is 42.5 Å². The molecule has 0 spiro atoms. The van der Waals surface area contributed by atoms with Gasteiger partial charge in [-0.15, -0.1) is 0 Å². The third kappa shape index (κ3) is 5.10.